The highest BCUT2D eigenvalue weighted by atomic mass is 16.3. The summed E-state index contributed by atoms with van der Waals surface area (Å²) in [7, 11) is 0. The van der Waals surface area contributed by atoms with Crippen LogP contribution in [-0.4, -0.2) is 5.11 Å². The van der Waals surface area contributed by atoms with Gasteiger partial charge in [-0.3, -0.25) is 0 Å². The molecule has 1 nitrogen and oxygen atoms in total. The highest BCUT2D eigenvalue weighted by Gasteiger charge is 2.07. The molecule has 0 saturated heterocycles. The number of rotatable bonds is 3. The van der Waals surface area contributed by atoms with Crippen LogP contribution >= 0.6 is 0 Å². The van der Waals surface area contributed by atoms with Crippen molar-refractivity contribution in [2.75, 3.05) is 0 Å². The molecule has 16 heavy (non-hydrogen) atoms. The van der Waals surface area contributed by atoms with E-state index < -0.39 is 6.10 Å². The first-order valence-corrected chi connectivity index (χ1v) is 5.54. The maximum Gasteiger partial charge on any atom is 0.0830 e. The molecule has 0 amide bonds. The van der Waals surface area contributed by atoms with Crippen molar-refractivity contribution in [3.63, 3.8) is 0 Å². The fourth-order valence-electron chi connectivity index (χ4n) is 1.74. The number of benzene rings is 2. The molecule has 1 N–H and O–H groups in total. The van der Waals surface area contributed by atoms with E-state index in [1.54, 1.807) is 0 Å². The first-order valence-electron chi connectivity index (χ1n) is 5.54. The van der Waals surface area contributed by atoms with E-state index in [0.29, 0.717) is 6.42 Å². The van der Waals surface area contributed by atoms with E-state index in [9.17, 15) is 5.11 Å². The standard InChI is InChI=1S/C15H16O/c1-12-7-9-14(10-8-12)15(16)11-13-5-3-2-4-6-13/h2-10,15-16H,11H2,1H3. The summed E-state index contributed by atoms with van der Waals surface area (Å²) >= 11 is 0. The Labute approximate surface area is 96.4 Å². The third kappa shape index (κ3) is 2.71. The molecule has 2 aromatic rings. The van der Waals surface area contributed by atoms with Crippen LogP contribution in [0.3, 0.4) is 0 Å². The molecule has 0 radical (unpaired) electrons. The van der Waals surface area contributed by atoms with Crippen molar-refractivity contribution >= 4 is 0 Å². The SMILES string of the molecule is Cc1ccc(C(O)Cc2ccccc2)cc1. The van der Waals surface area contributed by atoms with Gasteiger partial charge in [0.2, 0.25) is 0 Å². The van der Waals surface area contributed by atoms with Crippen LogP contribution in [0.25, 0.3) is 0 Å². The summed E-state index contributed by atoms with van der Waals surface area (Å²) in [6, 6.07) is 18.1. The second kappa shape index (κ2) is 4.95. The van der Waals surface area contributed by atoms with Gasteiger partial charge in [-0.15, -0.1) is 0 Å². The fraction of sp³-hybridized carbons (Fsp3) is 0.200. The van der Waals surface area contributed by atoms with Crippen molar-refractivity contribution in [2.45, 2.75) is 19.4 Å². The van der Waals surface area contributed by atoms with Crippen molar-refractivity contribution in [3.8, 4) is 0 Å². The van der Waals surface area contributed by atoms with Gasteiger partial charge in [-0.05, 0) is 18.1 Å². The summed E-state index contributed by atoms with van der Waals surface area (Å²) in [5.41, 5.74) is 3.36. The van der Waals surface area contributed by atoms with E-state index in [2.05, 4.69) is 0 Å². The lowest BCUT2D eigenvalue weighted by Gasteiger charge is -2.11. The monoisotopic (exact) mass is 212 g/mol. The molecular weight excluding hydrogens is 196 g/mol. The molecule has 0 saturated carbocycles. The van der Waals surface area contributed by atoms with Crippen molar-refractivity contribution in [2.24, 2.45) is 0 Å². The number of hydrogen-bond acceptors (Lipinski definition) is 1. The number of hydrogen-bond donors (Lipinski definition) is 1. The molecule has 0 aliphatic rings. The predicted molar refractivity (Wildman–Crippen MR) is 66.3 cm³/mol. The minimum absolute atomic E-state index is 0.414. The van der Waals surface area contributed by atoms with Crippen LogP contribution in [-0.2, 0) is 6.42 Å². The molecular formula is C15H16O. The predicted octanol–water partition coefficient (Wildman–Crippen LogP) is 3.27. The van der Waals surface area contributed by atoms with Gasteiger partial charge in [0.1, 0.15) is 0 Å². The summed E-state index contributed by atoms with van der Waals surface area (Å²) in [5, 5.41) is 10.1. The maximum absolute atomic E-state index is 10.1. The fourth-order valence-corrected chi connectivity index (χ4v) is 1.74. The van der Waals surface area contributed by atoms with Crippen LogP contribution in [0.4, 0.5) is 0 Å². The zero-order valence-electron chi connectivity index (χ0n) is 9.43. The molecule has 2 rings (SSSR count). The van der Waals surface area contributed by atoms with Gasteiger partial charge in [-0.2, -0.15) is 0 Å². The van der Waals surface area contributed by atoms with Crippen LogP contribution in [0.2, 0.25) is 0 Å². The Bertz CT molecular complexity index is 431. The van der Waals surface area contributed by atoms with E-state index in [1.807, 2.05) is 61.5 Å². The highest BCUT2D eigenvalue weighted by Crippen LogP contribution is 2.18. The van der Waals surface area contributed by atoms with E-state index in [1.165, 1.54) is 5.56 Å². The molecule has 0 aliphatic heterocycles. The van der Waals surface area contributed by atoms with Gasteiger partial charge in [0.15, 0.2) is 0 Å². The Balaban J connectivity index is 2.09. The van der Waals surface area contributed by atoms with E-state index in [0.717, 1.165) is 11.1 Å². The number of aliphatic hydroxyl groups is 1. The molecule has 0 aliphatic carbocycles. The van der Waals surface area contributed by atoms with E-state index in [-0.39, 0.29) is 0 Å². The number of aliphatic hydroxyl groups excluding tert-OH is 1. The zero-order chi connectivity index (χ0) is 11.4. The molecule has 2 aromatic carbocycles. The normalized spacial score (nSPS) is 12.4. The van der Waals surface area contributed by atoms with Gasteiger partial charge in [-0.1, -0.05) is 60.2 Å². The van der Waals surface area contributed by atoms with Crippen LogP contribution in [0.5, 0.6) is 0 Å². The quantitative estimate of drug-likeness (QED) is 0.827. The first-order chi connectivity index (χ1) is 7.75. The minimum Gasteiger partial charge on any atom is -0.388 e. The van der Waals surface area contributed by atoms with Gasteiger partial charge >= 0.3 is 0 Å². The molecule has 0 fully saturated rings. The van der Waals surface area contributed by atoms with Crippen molar-refractivity contribution in [1.82, 2.24) is 0 Å². The third-order valence-corrected chi connectivity index (χ3v) is 2.73. The van der Waals surface area contributed by atoms with Crippen molar-refractivity contribution < 1.29 is 5.11 Å². The van der Waals surface area contributed by atoms with E-state index in [4.69, 9.17) is 0 Å². The van der Waals surface area contributed by atoms with Gasteiger partial charge in [0, 0.05) is 6.42 Å². The molecule has 0 aromatic heterocycles. The third-order valence-electron chi connectivity index (χ3n) is 2.73. The van der Waals surface area contributed by atoms with Crippen LogP contribution in [0.1, 0.15) is 22.8 Å². The number of aryl methyl sites for hydroxylation is 1. The van der Waals surface area contributed by atoms with E-state index >= 15 is 0 Å². The van der Waals surface area contributed by atoms with Crippen molar-refractivity contribution in [3.05, 3.63) is 71.3 Å². The highest BCUT2D eigenvalue weighted by molar-refractivity contribution is 5.25. The molecule has 0 bridgehead atoms. The summed E-state index contributed by atoms with van der Waals surface area (Å²) in [4.78, 5) is 0. The smallest absolute Gasteiger partial charge is 0.0830 e. The summed E-state index contributed by atoms with van der Waals surface area (Å²) in [6.07, 6.45) is 0.257. The minimum atomic E-state index is -0.414. The van der Waals surface area contributed by atoms with Crippen molar-refractivity contribution in [1.29, 1.82) is 0 Å². The average molecular weight is 212 g/mol. The Hall–Kier alpha value is -1.60. The molecule has 1 heteroatoms. The maximum atomic E-state index is 10.1. The van der Waals surface area contributed by atoms with Gasteiger partial charge < -0.3 is 5.11 Å². The lowest BCUT2D eigenvalue weighted by Crippen LogP contribution is -2.01. The van der Waals surface area contributed by atoms with Crippen LogP contribution in [0, 0.1) is 6.92 Å². The second-order valence-electron chi connectivity index (χ2n) is 4.12. The largest absolute Gasteiger partial charge is 0.388 e. The Kier molecular flexibility index (Phi) is 3.37. The summed E-state index contributed by atoms with van der Waals surface area (Å²) in [5.74, 6) is 0. The lowest BCUT2D eigenvalue weighted by atomic mass is 10.0. The molecule has 1 unspecified atom stereocenters. The summed E-state index contributed by atoms with van der Waals surface area (Å²) in [6.45, 7) is 2.05. The Morgan fingerprint density at radius 2 is 1.56 bits per heavy atom. The van der Waals surface area contributed by atoms with Crippen LogP contribution in [0.15, 0.2) is 54.6 Å². The first kappa shape index (κ1) is 10.9. The summed E-state index contributed by atoms with van der Waals surface area (Å²) < 4.78 is 0. The van der Waals surface area contributed by atoms with Gasteiger partial charge in [-0.25, -0.2) is 0 Å². The molecule has 82 valence electrons. The van der Waals surface area contributed by atoms with Gasteiger partial charge in [0.25, 0.3) is 0 Å². The lowest BCUT2D eigenvalue weighted by molar-refractivity contribution is 0.178. The average Bonchev–Trinajstić information content (AvgIpc) is 2.31. The topological polar surface area (TPSA) is 20.2 Å². The molecule has 0 spiro atoms. The second-order valence-corrected chi connectivity index (χ2v) is 4.12. The Morgan fingerprint density at radius 3 is 2.19 bits per heavy atom. The molecule has 1 atom stereocenters. The van der Waals surface area contributed by atoms with Crippen LogP contribution < -0.4 is 0 Å². The zero-order valence-corrected chi connectivity index (χ0v) is 9.43. The Morgan fingerprint density at radius 1 is 0.938 bits per heavy atom. The van der Waals surface area contributed by atoms with Gasteiger partial charge in [0.05, 0.1) is 6.10 Å². The molecule has 0 heterocycles.